The fourth-order valence-corrected chi connectivity index (χ4v) is 2.94. The van der Waals surface area contributed by atoms with Crippen LogP contribution in [0.4, 0.5) is 5.69 Å². The van der Waals surface area contributed by atoms with Gasteiger partial charge in [0.1, 0.15) is 0 Å². The first kappa shape index (κ1) is 12.2. The molecule has 0 bridgehead atoms. The predicted molar refractivity (Wildman–Crippen MR) is 80.6 cm³/mol. The monoisotopic (exact) mass is 324 g/mol. The van der Waals surface area contributed by atoms with Gasteiger partial charge in [-0.1, -0.05) is 27.5 Å². The number of nitrogens with one attached hydrogen (secondary N) is 1. The van der Waals surface area contributed by atoms with Gasteiger partial charge in [-0.25, -0.2) is 0 Å². The van der Waals surface area contributed by atoms with E-state index in [9.17, 15) is 0 Å². The van der Waals surface area contributed by atoms with Crippen molar-refractivity contribution in [1.82, 2.24) is 4.98 Å². The third-order valence-electron chi connectivity index (χ3n) is 3.24. The predicted octanol–water partition coefficient (Wildman–Crippen LogP) is 4.96. The molecule has 0 saturated heterocycles. The molecule has 1 fully saturated rings. The van der Waals surface area contributed by atoms with Gasteiger partial charge < -0.3 is 5.32 Å². The molecule has 4 heteroatoms. The topological polar surface area (TPSA) is 24.9 Å². The smallest absolute Gasteiger partial charge is 0.0923 e. The third-order valence-corrected chi connectivity index (χ3v) is 4.21. The molecule has 0 aliphatic heterocycles. The second-order valence-corrected chi connectivity index (χ2v) is 5.91. The average molecular weight is 326 g/mol. The summed E-state index contributed by atoms with van der Waals surface area (Å²) in [6.07, 6.45) is 2.49. The van der Waals surface area contributed by atoms with E-state index in [1.807, 2.05) is 12.1 Å². The van der Waals surface area contributed by atoms with Gasteiger partial charge in [-0.2, -0.15) is 0 Å². The molecule has 1 aliphatic carbocycles. The zero-order chi connectivity index (χ0) is 12.7. The molecule has 0 atom stereocenters. The summed E-state index contributed by atoms with van der Waals surface area (Å²) >= 11 is 9.88. The van der Waals surface area contributed by atoms with Crippen LogP contribution in [0, 0.1) is 0 Å². The summed E-state index contributed by atoms with van der Waals surface area (Å²) in [6, 6.07) is 6.04. The van der Waals surface area contributed by atoms with Crippen LogP contribution in [0.1, 0.15) is 31.4 Å². The number of halogens is 2. The minimum Gasteiger partial charge on any atom is -0.385 e. The Kier molecular flexibility index (Phi) is 3.20. The van der Waals surface area contributed by atoms with E-state index in [4.69, 9.17) is 16.6 Å². The number of pyridine rings is 1. The van der Waals surface area contributed by atoms with Crippen LogP contribution in [-0.4, -0.2) is 11.5 Å². The number of anilines is 1. The summed E-state index contributed by atoms with van der Waals surface area (Å²) in [7, 11) is 0. The molecule has 1 aromatic heterocycles. The summed E-state index contributed by atoms with van der Waals surface area (Å²) in [6.45, 7) is 2.99. The van der Waals surface area contributed by atoms with Gasteiger partial charge in [0.05, 0.1) is 10.5 Å². The van der Waals surface area contributed by atoms with E-state index in [2.05, 4.69) is 34.2 Å². The lowest BCUT2D eigenvalue weighted by Crippen LogP contribution is -2.01. The zero-order valence-corrected chi connectivity index (χ0v) is 12.5. The SMILES string of the molecule is CCNc1cc(C2CC2)nc2c(Cl)ccc(Br)c12. The molecule has 94 valence electrons. The number of benzene rings is 1. The molecule has 1 N–H and O–H groups in total. The Morgan fingerprint density at radius 2 is 2.22 bits per heavy atom. The van der Waals surface area contributed by atoms with Crippen molar-refractivity contribution in [3.8, 4) is 0 Å². The molecule has 1 aromatic carbocycles. The van der Waals surface area contributed by atoms with Crippen LogP contribution in [0.2, 0.25) is 5.02 Å². The lowest BCUT2D eigenvalue weighted by Gasteiger charge is -2.12. The minimum atomic E-state index is 0.627. The molecule has 0 amide bonds. The maximum Gasteiger partial charge on any atom is 0.0923 e. The van der Waals surface area contributed by atoms with E-state index in [-0.39, 0.29) is 0 Å². The van der Waals surface area contributed by atoms with Crippen LogP contribution < -0.4 is 5.32 Å². The zero-order valence-electron chi connectivity index (χ0n) is 10.1. The summed E-state index contributed by atoms with van der Waals surface area (Å²) in [4.78, 5) is 4.74. The van der Waals surface area contributed by atoms with Gasteiger partial charge >= 0.3 is 0 Å². The maximum absolute atomic E-state index is 6.29. The molecule has 1 heterocycles. The highest BCUT2D eigenvalue weighted by molar-refractivity contribution is 9.10. The first-order valence-electron chi connectivity index (χ1n) is 6.23. The number of rotatable bonds is 3. The molecule has 0 radical (unpaired) electrons. The first-order chi connectivity index (χ1) is 8.70. The average Bonchev–Trinajstić information content (AvgIpc) is 3.18. The van der Waals surface area contributed by atoms with Crippen molar-refractivity contribution in [1.29, 1.82) is 0 Å². The largest absolute Gasteiger partial charge is 0.385 e. The second-order valence-electron chi connectivity index (χ2n) is 4.65. The van der Waals surface area contributed by atoms with Crippen molar-refractivity contribution >= 4 is 44.1 Å². The standard InChI is InChI=1S/C14H14BrClN2/c1-2-17-12-7-11(8-3-4-8)18-14-10(16)6-5-9(15)13(12)14/h5-8H,2-4H2,1H3,(H,17,18). The molecule has 3 rings (SSSR count). The molecule has 1 aliphatic rings. The maximum atomic E-state index is 6.29. The van der Waals surface area contributed by atoms with Gasteiger partial charge in [-0.15, -0.1) is 0 Å². The Morgan fingerprint density at radius 3 is 2.89 bits per heavy atom. The first-order valence-corrected chi connectivity index (χ1v) is 7.40. The minimum absolute atomic E-state index is 0.627. The lowest BCUT2D eigenvalue weighted by atomic mass is 10.1. The van der Waals surface area contributed by atoms with Crippen LogP contribution in [0.25, 0.3) is 10.9 Å². The van der Waals surface area contributed by atoms with Crippen LogP contribution in [0.5, 0.6) is 0 Å². The Labute approximate surface area is 120 Å². The molecule has 18 heavy (non-hydrogen) atoms. The van der Waals surface area contributed by atoms with Crippen molar-refractivity contribution in [2.24, 2.45) is 0 Å². The van der Waals surface area contributed by atoms with Gasteiger partial charge in [0.2, 0.25) is 0 Å². The number of fused-ring (bicyclic) bond motifs is 1. The number of aromatic nitrogens is 1. The van der Waals surface area contributed by atoms with Crippen molar-refractivity contribution in [2.75, 3.05) is 11.9 Å². The van der Waals surface area contributed by atoms with Crippen molar-refractivity contribution < 1.29 is 0 Å². The van der Waals surface area contributed by atoms with Gasteiger partial charge in [0.15, 0.2) is 0 Å². The Morgan fingerprint density at radius 1 is 1.44 bits per heavy atom. The van der Waals surface area contributed by atoms with E-state index in [1.165, 1.54) is 18.5 Å². The lowest BCUT2D eigenvalue weighted by molar-refractivity contribution is 1.04. The Balaban J connectivity index is 2.29. The van der Waals surface area contributed by atoms with Gasteiger partial charge in [-0.3, -0.25) is 4.98 Å². The fourth-order valence-electron chi connectivity index (χ4n) is 2.21. The van der Waals surface area contributed by atoms with Gasteiger partial charge in [-0.05, 0) is 38.0 Å². The quantitative estimate of drug-likeness (QED) is 0.862. The second kappa shape index (κ2) is 4.71. The van der Waals surface area contributed by atoms with Crippen molar-refractivity contribution in [2.45, 2.75) is 25.7 Å². The van der Waals surface area contributed by atoms with Crippen LogP contribution >= 0.6 is 27.5 Å². The fraction of sp³-hybridized carbons (Fsp3) is 0.357. The summed E-state index contributed by atoms with van der Waals surface area (Å²) in [5, 5.41) is 5.21. The number of nitrogens with zero attached hydrogens (tertiary/aromatic N) is 1. The van der Waals surface area contributed by atoms with E-state index in [1.54, 1.807) is 0 Å². The van der Waals surface area contributed by atoms with Gasteiger partial charge in [0.25, 0.3) is 0 Å². The molecule has 0 spiro atoms. The normalized spacial score (nSPS) is 15.1. The Hall–Kier alpha value is -0.800. The molecular weight excluding hydrogens is 312 g/mol. The highest BCUT2D eigenvalue weighted by Crippen LogP contribution is 2.43. The Bertz CT molecular complexity index is 608. The van der Waals surface area contributed by atoms with E-state index < -0.39 is 0 Å². The van der Waals surface area contributed by atoms with E-state index >= 15 is 0 Å². The van der Waals surface area contributed by atoms with Crippen molar-refractivity contribution in [3.05, 3.63) is 33.4 Å². The number of hydrogen-bond acceptors (Lipinski definition) is 2. The van der Waals surface area contributed by atoms with Gasteiger partial charge in [0, 0.05) is 33.7 Å². The summed E-state index contributed by atoms with van der Waals surface area (Å²) in [5.41, 5.74) is 3.18. The highest BCUT2D eigenvalue weighted by atomic mass is 79.9. The third kappa shape index (κ3) is 2.10. The summed E-state index contributed by atoms with van der Waals surface area (Å²) in [5.74, 6) is 0.627. The van der Waals surface area contributed by atoms with Crippen LogP contribution in [0.3, 0.4) is 0 Å². The number of hydrogen-bond donors (Lipinski definition) is 1. The van der Waals surface area contributed by atoms with Crippen LogP contribution in [-0.2, 0) is 0 Å². The van der Waals surface area contributed by atoms with Crippen LogP contribution in [0.15, 0.2) is 22.7 Å². The molecule has 2 nitrogen and oxygen atoms in total. The summed E-state index contributed by atoms with van der Waals surface area (Å²) < 4.78 is 1.03. The molecule has 0 unspecified atom stereocenters. The van der Waals surface area contributed by atoms with E-state index in [0.29, 0.717) is 5.92 Å². The molecular formula is C14H14BrClN2. The van der Waals surface area contributed by atoms with E-state index in [0.717, 1.165) is 32.6 Å². The molecule has 2 aromatic rings. The van der Waals surface area contributed by atoms with Crippen molar-refractivity contribution in [3.63, 3.8) is 0 Å². The molecule has 1 saturated carbocycles. The highest BCUT2D eigenvalue weighted by Gasteiger charge is 2.26.